The zero-order valence-electron chi connectivity index (χ0n) is 8.83. The van der Waals surface area contributed by atoms with Crippen molar-refractivity contribution < 1.29 is 4.79 Å². The van der Waals surface area contributed by atoms with Crippen LogP contribution >= 0.6 is 0 Å². The van der Waals surface area contributed by atoms with Crippen molar-refractivity contribution in [2.75, 3.05) is 0 Å². The second kappa shape index (κ2) is 3.89. The first kappa shape index (κ1) is 9.97. The Hall–Kier alpha value is -0.570. The topological polar surface area (TPSA) is 55.1 Å². The van der Waals surface area contributed by atoms with Gasteiger partial charge in [0.1, 0.15) is 0 Å². The molecule has 0 aromatic heterocycles. The lowest BCUT2D eigenvalue weighted by atomic mass is 10.0. The number of carbonyl (C=O) groups is 1. The minimum atomic E-state index is 0.186. The molecule has 0 aromatic carbocycles. The quantitative estimate of drug-likeness (QED) is 0.708. The maximum atomic E-state index is 11.8. The van der Waals surface area contributed by atoms with E-state index in [2.05, 4.69) is 5.32 Å². The van der Waals surface area contributed by atoms with E-state index in [0.29, 0.717) is 5.92 Å². The molecule has 3 atom stereocenters. The van der Waals surface area contributed by atoms with Gasteiger partial charge in [-0.05, 0) is 38.0 Å². The molecule has 3 unspecified atom stereocenters. The van der Waals surface area contributed by atoms with Crippen LogP contribution in [0.25, 0.3) is 0 Å². The maximum absolute atomic E-state index is 11.8. The molecular formula is C11H20N2O. The Bertz CT molecular complexity index is 225. The molecule has 0 bridgehead atoms. The Balaban J connectivity index is 1.80. The fourth-order valence-corrected chi connectivity index (χ4v) is 2.29. The van der Waals surface area contributed by atoms with Crippen molar-refractivity contribution in [1.82, 2.24) is 5.32 Å². The van der Waals surface area contributed by atoms with Gasteiger partial charge in [-0.3, -0.25) is 4.79 Å². The van der Waals surface area contributed by atoms with Gasteiger partial charge in [0.2, 0.25) is 5.91 Å². The van der Waals surface area contributed by atoms with Crippen LogP contribution in [0.1, 0.15) is 39.0 Å². The number of rotatable bonds is 3. The molecule has 3 nitrogen and oxygen atoms in total. The average Bonchev–Trinajstić information content (AvgIpc) is 2.92. The van der Waals surface area contributed by atoms with E-state index in [1.54, 1.807) is 0 Å². The Kier molecular flexibility index (Phi) is 2.77. The van der Waals surface area contributed by atoms with Gasteiger partial charge in [0.15, 0.2) is 0 Å². The van der Waals surface area contributed by atoms with E-state index in [4.69, 9.17) is 5.73 Å². The van der Waals surface area contributed by atoms with E-state index in [-0.39, 0.29) is 23.9 Å². The fraction of sp³-hybridized carbons (Fsp3) is 0.909. The lowest BCUT2D eigenvalue weighted by molar-refractivity contribution is -0.125. The molecule has 80 valence electrons. The second-order valence-corrected chi connectivity index (χ2v) is 4.84. The smallest absolute Gasteiger partial charge is 0.223 e. The molecule has 2 aliphatic carbocycles. The van der Waals surface area contributed by atoms with Gasteiger partial charge >= 0.3 is 0 Å². The normalized spacial score (nSPS) is 34.1. The predicted molar refractivity (Wildman–Crippen MR) is 55.6 cm³/mol. The SMILES string of the molecule is CC(C(=O)NC1CCCC1N)C1CC1. The van der Waals surface area contributed by atoms with Gasteiger partial charge < -0.3 is 11.1 Å². The van der Waals surface area contributed by atoms with E-state index in [1.165, 1.54) is 12.8 Å². The largest absolute Gasteiger partial charge is 0.352 e. The summed E-state index contributed by atoms with van der Waals surface area (Å²) in [5.41, 5.74) is 5.90. The number of nitrogens with one attached hydrogen (secondary N) is 1. The van der Waals surface area contributed by atoms with Crippen molar-refractivity contribution >= 4 is 5.91 Å². The first-order valence-corrected chi connectivity index (χ1v) is 5.74. The third-order valence-electron chi connectivity index (χ3n) is 3.64. The van der Waals surface area contributed by atoms with E-state index in [9.17, 15) is 4.79 Å². The van der Waals surface area contributed by atoms with Crippen LogP contribution in [0.5, 0.6) is 0 Å². The highest BCUT2D eigenvalue weighted by molar-refractivity contribution is 5.79. The van der Waals surface area contributed by atoms with Gasteiger partial charge in [0.05, 0.1) is 0 Å². The van der Waals surface area contributed by atoms with Crippen LogP contribution in [0.4, 0.5) is 0 Å². The Morgan fingerprint density at radius 1 is 1.36 bits per heavy atom. The Morgan fingerprint density at radius 2 is 2.07 bits per heavy atom. The summed E-state index contributed by atoms with van der Waals surface area (Å²) in [5, 5.41) is 3.09. The summed E-state index contributed by atoms with van der Waals surface area (Å²) in [6, 6.07) is 0.425. The average molecular weight is 196 g/mol. The van der Waals surface area contributed by atoms with Crippen molar-refractivity contribution in [2.24, 2.45) is 17.6 Å². The lowest BCUT2D eigenvalue weighted by Crippen LogP contribution is -2.46. The summed E-state index contributed by atoms with van der Waals surface area (Å²) in [6.45, 7) is 2.04. The Labute approximate surface area is 85.4 Å². The van der Waals surface area contributed by atoms with Crippen LogP contribution in [0.2, 0.25) is 0 Å². The van der Waals surface area contributed by atoms with Crippen molar-refractivity contribution in [3.63, 3.8) is 0 Å². The minimum Gasteiger partial charge on any atom is -0.352 e. The summed E-state index contributed by atoms with van der Waals surface area (Å²) < 4.78 is 0. The molecule has 3 heteroatoms. The van der Waals surface area contributed by atoms with Gasteiger partial charge in [0.25, 0.3) is 0 Å². The molecular weight excluding hydrogens is 176 g/mol. The molecule has 0 aliphatic heterocycles. The fourth-order valence-electron chi connectivity index (χ4n) is 2.29. The highest BCUT2D eigenvalue weighted by atomic mass is 16.2. The molecule has 0 spiro atoms. The van der Waals surface area contributed by atoms with E-state index < -0.39 is 0 Å². The molecule has 2 fully saturated rings. The van der Waals surface area contributed by atoms with Gasteiger partial charge in [-0.1, -0.05) is 6.92 Å². The third-order valence-corrected chi connectivity index (χ3v) is 3.64. The van der Waals surface area contributed by atoms with Crippen LogP contribution in [0.15, 0.2) is 0 Å². The molecule has 14 heavy (non-hydrogen) atoms. The standard InChI is InChI=1S/C11H20N2O/c1-7(8-5-6-8)11(14)13-10-4-2-3-9(10)12/h7-10H,2-6,12H2,1H3,(H,13,14). The summed E-state index contributed by atoms with van der Waals surface area (Å²) >= 11 is 0. The summed E-state index contributed by atoms with van der Waals surface area (Å²) in [7, 11) is 0. The first-order valence-electron chi connectivity index (χ1n) is 5.74. The molecule has 2 saturated carbocycles. The molecule has 0 heterocycles. The number of hydrogen-bond acceptors (Lipinski definition) is 2. The second-order valence-electron chi connectivity index (χ2n) is 4.84. The number of nitrogens with two attached hydrogens (primary N) is 1. The van der Waals surface area contributed by atoms with Gasteiger partial charge in [0, 0.05) is 18.0 Å². The van der Waals surface area contributed by atoms with Gasteiger partial charge in [-0.25, -0.2) is 0 Å². The first-order chi connectivity index (χ1) is 6.68. The molecule has 2 rings (SSSR count). The van der Waals surface area contributed by atoms with Crippen molar-refractivity contribution in [3.8, 4) is 0 Å². The summed E-state index contributed by atoms with van der Waals surface area (Å²) in [6.07, 6.45) is 5.73. The van der Waals surface area contributed by atoms with E-state index >= 15 is 0 Å². The highest BCUT2D eigenvalue weighted by Gasteiger charge is 2.34. The van der Waals surface area contributed by atoms with Crippen molar-refractivity contribution in [3.05, 3.63) is 0 Å². The Morgan fingerprint density at radius 3 is 2.57 bits per heavy atom. The minimum absolute atomic E-state index is 0.186. The van der Waals surface area contributed by atoms with Crippen LogP contribution in [-0.2, 0) is 4.79 Å². The zero-order chi connectivity index (χ0) is 10.1. The monoisotopic (exact) mass is 196 g/mol. The van der Waals surface area contributed by atoms with Gasteiger partial charge in [-0.15, -0.1) is 0 Å². The molecule has 0 saturated heterocycles. The van der Waals surface area contributed by atoms with Crippen molar-refractivity contribution in [2.45, 2.75) is 51.1 Å². The lowest BCUT2D eigenvalue weighted by Gasteiger charge is -2.19. The number of hydrogen-bond donors (Lipinski definition) is 2. The molecule has 3 N–H and O–H groups in total. The summed E-state index contributed by atoms with van der Waals surface area (Å²) in [5.74, 6) is 1.06. The molecule has 1 amide bonds. The summed E-state index contributed by atoms with van der Waals surface area (Å²) in [4.78, 5) is 11.8. The molecule has 2 aliphatic rings. The predicted octanol–water partition coefficient (Wildman–Crippen LogP) is 1.03. The number of amides is 1. The maximum Gasteiger partial charge on any atom is 0.223 e. The molecule has 0 radical (unpaired) electrons. The van der Waals surface area contributed by atoms with Crippen LogP contribution in [-0.4, -0.2) is 18.0 Å². The third kappa shape index (κ3) is 2.08. The number of carbonyl (C=O) groups excluding carboxylic acids is 1. The highest BCUT2D eigenvalue weighted by Crippen LogP contribution is 2.36. The van der Waals surface area contributed by atoms with Crippen LogP contribution in [0.3, 0.4) is 0 Å². The zero-order valence-corrected chi connectivity index (χ0v) is 8.83. The van der Waals surface area contributed by atoms with E-state index in [0.717, 1.165) is 19.3 Å². The molecule has 0 aromatic rings. The van der Waals surface area contributed by atoms with E-state index in [1.807, 2.05) is 6.92 Å². The van der Waals surface area contributed by atoms with Crippen molar-refractivity contribution in [1.29, 1.82) is 0 Å². The van der Waals surface area contributed by atoms with Crippen LogP contribution in [0, 0.1) is 11.8 Å². The van der Waals surface area contributed by atoms with Crippen LogP contribution < -0.4 is 11.1 Å². The van der Waals surface area contributed by atoms with Gasteiger partial charge in [-0.2, -0.15) is 0 Å².